The second kappa shape index (κ2) is 7.25. The van der Waals surface area contributed by atoms with Crippen molar-refractivity contribution < 1.29 is 9.18 Å². The van der Waals surface area contributed by atoms with Gasteiger partial charge < -0.3 is 5.32 Å². The van der Waals surface area contributed by atoms with Gasteiger partial charge in [-0.05, 0) is 42.2 Å². The van der Waals surface area contributed by atoms with E-state index >= 15 is 0 Å². The number of benzene rings is 1. The lowest BCUT2D eigenvalue weighted by Crippen LogP contribution is -2.16. The number of pyridine rings is 1. The fraction of sp³-hybridized carbons (Fsp3) is 0.211. The second-order valence-corrected chi connectivity index (χ2v) is 6.06. The molecule has 0 saturated carbocycles. The van der Waals surface area contributed by atoms with E-state index in [0.29, 0.717) is 5.69 Å². The van der Waals surface area contributed by atoms with Crippen LogP contribution in [-0.2, 0) is 4.79 Å². The third kappa shape index (κ3) is 4.09. The molecule has 0 radical (unpaired) electrons. The number of aryl methyl sites for hydroxylation is 1. The molecule has 1 aromatic carbocycles. The van der Waals surface area contributed by atoms with Crippen molar-refractivity contribution in [2.24, 2.45) is 0 Å². The Bertz CT molecular complexity index is 890. The van der Waals surface area contributed by atoms with Gasteiger partial charge in [0.25, 0.3) is 0 Å². The van der Waals surface area contributed by atoms with E-state index in [2.05, 4.69) is 15.4 Å². The summed E-state index contributed by atoms with van der Waals surface area (Å²) in [7, 11) is 0. The number of hydrogen-bond acceptors (Lipinski definition) is 3. The molecule has 25 heavy (non-hydrogen) atoms. The van der Waals surface area contributed by atoms with Crippen molar-refractivity contribution in [3.05, 3.63) is 72.1 Å². The summed E-state index contributed by atoms with van der Waals surface area (Å²) < 4.78 is 15.0. The molecule has 0 aliphatic carbocycles. The van der Waals surface area contributed by atoms with Gasteiger partial charge in [-0.2, -0.15) is 5.10 Å². The SMILES string of the molecule is Cc1cnn(-c2ccncc2NC(=O)C[C@@H](C)c2cccc(F)c2)c1. The Kier molecular flexibility index (Phi) is 4.88. The Morgan fingerprint density at radius 3 is 2.88 bits per heavy atom. The number of carbonyl (C=O) groups excluding carboxylic acids is 1. The van der Waals surface area contributed by atoms with Crippen molar-refractivity contribution in [3.63, 3.8) is 0 Å². The second-order valence-electron chi connectivity index (χ2n) is 6.06. The average Bonchev–Trinajstić information content (AvgIpc) is 3.01. The quantitative estimate of drug-likeness (QED) is 0.769. The highest BCUT2D eigenvalue weighted by atomic mass is 19.1. The van der Waals surface area contributed by atoms with Crippen LogP contribution in [0.25, 0.3) is 5.69 Å². The van der Waals surface area contributed by atoms with Crippen LogP contribution in [0.4, 0.5) is 10.1 Å². The van der Waals surface area contributed by atoms with E-state index < -0.39 is 0 Å². The molecule has 3 rings (SSSR count). The number of halogens is 1. The lowest BCUT2D eigenvalue weighted by atomic mass is 9.97. The first kappa shape index (κ1) is 16.8. The molecule has 1 atom stereocenters. The van der Waals surface area contributed by atoms with E-state index in [4.69, 9.17) is 0 Å². The largest absolute Gasteiger partial charge is 0.323 e. The van der Waals surface area contributed by atoms with Crippen molar-refractivity contribution in [2.75, 3.05) is 5.32 Å². The molecular formula is C19H19FN4O. The van der Waals surface area contributed by atoms with Crippen LogP contribution in [0.2, 0.25) is 0 Å². The molecule has 1 N–H and O–H groups in total. The zero-order valence-corrected chi connectivity index (χ0v) is 14.1. The Morgan fingerprint density at radius 1 is 1.32 bits per heavy atom. The van der Waals surface area contributed by atoms with Crippen LogP contribution in [0, 0.1) is 12.7 Å². The van der Waals surface area contributed by atoms with Gasteiger partial charge in [0.1, 0.15) is 5.82 Å². The topological polar surface area (TPSA) is 59.8 Å². The first-order valence-electron chi connectivity index (χ1n) is 8.04. The molecule has 128 valence electrons. The van der Waals surface area contributed by atoms with Crippen molar-refractivity contribution >= 4 is 11.6 Å². The molecule has 0 bridgehead atoms. The summed E-state index contributed by atoms with van der Waals surface area (Å²) in [4.78, 5) is 16.5. The van der Waals surface area contributed by atoms with Gasteiger partial charge in [-0.3, -0.25) is 9.78 Å². The van der Waals surface area contributed by atoms with E-state index in [0.717, 1.165) is 16.8 Å². The smallest absolute Gasteiger partial charge is 0.225 e. The molecule has 5 nitrogen and oxygen atoms in total. The molecular weight excluding hydrogens is 319 g/mol. The highest BCUT2D eigenvalue weighted by molar-refractivity contribution is 5.93. The van der Waals surface area contributed by atoms with Gasteiger partial charge in [0, 0.05) is 18.8 Å². The van der Waals surface area contributed by atoms with E-state index in [1.807, 2.05) is 26.1 Å². The number of hydrogen-bond donors (Lipinski definition) is 1. The number of anilines is 1. The highest BCUT2D eigenvalue weighted by Gasteiger charge is 2.14. The van der Waals surface area contributed by atoms with Gasteiger partial charge in [0.05, 0.1) is 23.8 Å². The predicted molar refractivity (Wildman–Crippen MR) is 94.2 cm³/mol. The molecule has 3 aromatic rings. The number of rotatable bonds is 5. The third-order valence-corrected chi connectivity index (χ3v) is 3.94. The fourth-order valence-electron chi connectivity index (χ4n) is 2.64. The maximum atomic E-state index is 13.3. The first-order chi connectivity index (χ1) is 12.0. The lowest BCUT2D eigenvalue weighted by Gasteiger charge is -2.14. The standard InChI is InChI=1S/C19H19FN4O/c1-13-10-22-24(12-13)18-6-7-21-11-17(18)23-19(25)8-14(2)15-4-3-5-16(20)9-15/h3-7,9-12,14H,8H2,1-2H3,(H,23,25)/t14-/m1/s1. The molecule has 0 aliphatic heterocycles. The molecule has 2 heterocycles. The van der Waals surface area contributed by atoms with Gasteiger partial charge in [0.2, 0.25) is 5.91 Å². The molecule has 0 unspecified atom stereocenters. The minimum absolute atomic E-state index is 0.0947. The minimum atomic E-state index is -0.298. The highest BCUT2D eigenvalue weighted by Crippen LogP contribution is 2.22. The average molecular weight is 338 g/mol. The number of aromatic nitrogens is 3. The van der Waals surface area contributed by atoms with Gasteiger partial charge in [-0.1, -0.05) is 19.1 Å². The van der Waals surface area contributed by atoms with Gasteiger partial charge in [-0.15, -0.1) is 0 Å². The van der Waals surface area contributed by atoms with Crippen LogP contribution < -0.4 is 5.32 Å². The Hall–Kier alpha value is -3.02. The summed E-state index contributed by atoms with van der Waals surface area (Å²) >= 11 is 0. The summed E-state index contributed by atoms with van der Waals surface area (Å²) in [5, 5.41) is 7.15. The normalized spacial score (nSPS) is 12.0. The van der Waals surface area contributed by atoms with Crippen LogP contribution in [0.15, 0.2) is 55.1 Å². The summed E-state index contributed by atoms with van der Waals surface area (Å²) in [6.07, 6.45) is 7.11. The lowest BCUT2D eigenvalue weighted by molar-refractivity contribution is -0.116. The number of nitrogens with one attached hydrogen (secondary N) is 1. The molecule has 0 aliphatic rings. The molecule has 0 saturated heterocycles. The van der Waals surface area contributed by atoms with Gasteiger partial charge >= 0.3 is 0 Å². The summed E-state index contributed by atoms with van der Waals surface area (Å²) in [5.74, 6) is -0.550. The van der Waals surface area contributed by atoms with Crippen LogP contribution >= 0.6 is 0 Å². The van der Waals surface area contributed by atoms with Gasteiger partial charge in [0.15, 0.2) is 0 Å². The zero-order valence-electron chi connectivity index (χ0n) is 14.1. The zero-order chi connectivity index (χ0) is 17.8. The van der Waals surface area contributed by atoms with E-state index in [-0.39, 0.29) is 24.1 Å². The summed E-state index contributed by atoms with van der Waals surface area (Å²) in [6.45, 7) is 3.85. The monoisotopic (exact) mass is 338 g/mol. The maximum Gasteiger partial charge on any atom is 0.225 e. The molecule has 0 fully saturated rings. The maximum absolute atomic E-state index is 13.3. The Labute approximate surface area is 145 Å². The number of amides is 1. The minimum Gasteiger partial charge on any atom is -0.323 e. The summed E-state index contributed by atoms with van der Waals surface area (Å²) in [6, 6.07) is 8.11. The first-order valence-corrected chi connectivity index (χ1v) is 8.04. The molecule has 1 amide bonds. The Balaban J connectivity index is 1.73. The van der Waals surface area contributed by atoms with E-state index in [9.17, 15) is 9.18 Å². The molecule has 6 heteroatoms. The number of carbonyl (C=O) groups is 1. The summed E-state index contributed by atoms with van der Waals surface area (Å²) in [5.41, 5.74) is 3.15. The fourth-order valence-corrected chi connectivity index (χ4v) is 2.64. The van der Waals surface area contributed by atoms with Crippen molar-refractivity contribution in [2.45, 2.75) is 26.2 Å². The van der Waals surface area contributed by atoms with Crippen molar-refractivity contribution in [3.8, 4) is 5.69 Å². The number of nitrogens with zero attached hydrogens (tertiary/aromatic N) is 3. The van der Waals surface area contributed by atoms with Crippen LogP contribution in [0.3, 0.4) is 0 Å². The van der Waals surface area contributed by atoms with Gasteiger partial charge in [-0.25, -0.2) is 9.07 Å². The van der Waals surface area contributed by atoms with E-state index in [1.165, 1.54) is 12.1 Å². The van der Waals surface area contributed by atoms with Crippen molar-refractivity contribution in [1.82, 2.24) is 14.8 Å². The van der Waals surface area contributed by atoms with Crippen molar-refractivity contribution in [1.29, 1.82) is 0 Å². The van der Waals surface area contributed by atoms with Crippen LogP contribution in [0.1, 0.15) is 30.4 Å². The predicted octanol–water partition coefficient (Wildman–Crippen LogP) is 3.85. The van der Waals surface area contributed by atoms with Crippen LogP contribution in [-0.4, -0.2) is 20.7 Å². The molecule has 0 spiro atoms. The van der Waals surface area contributed by atoms with Crippen LogP contribution in [0.5, 0.6) is 0 Å². The third-order valence-electron chi connectivity index (χ3n) is 3.94. The van der Waals surface area contributed by atoms with E-state index in [1.54, 1.807) is 35.4 Å². The Morgan fingerprint density at radius 2 is 2.16 bits per heavy atom. The molecule has 2 aromatic heterocycles.